The molecule has 4 heteroatoms. The van der Waals surface area contributed by atoms with Crippen molar-refractivity contribution in [2.45, 2.75) is 0 Å². The number of hydrogen-bond donors (Lipinski definition) is 0. The van der Waals surface area contributed by atoms with Crippen molar-refractivity contribution in [1.82, 2.24) is 4.68 Å². The topological polar surface area (TPSA) is 17.3 Å². The summed E-state index contributed by atoms with van der Waals surface area (Å²) in [5.74, 6) is -0.346. The van der Waals surface area contributed by atoms with Gasteiger partial charge in [-0.2, -0.15) is 5.10 Å². The van der Waals surface area contributed by atoms with Crippen LogP contribution in [0.4, 0.5) is 4.39 Å². The van der Waals surface area contributed by atoms with Crippen LogP contribution in [0, 0.1) is 10.5 Å². The first-order chi connectivity index (χ1) is 6.74. The van der Waals surface area contributed by atoms with Gasteiger partial charge in [0.15, 0.2) is 0 Å². The lowest BCUT2D eigenvalue weighted by atomic mass is 10.2. The number of halogens is 1. The maximum atomic E-state index is 13.5. The van der Waals surface area contributed by atoms with Crippen LogP contribution in [0.3, 0.4) is 0 Å². The summed E-state index contributed by atoms with van der Waals surface area (Å²) >= 11 is 5.11. The van der Waals surface area contributed by atoms with Crippen molar-refractivity contribution >= 4 is 29.7 Å². The summed E-state index contributed by atoms with van der Waals surface area (Å²) in [7, 11) is 0. The molecule has 0 radical (unpaired) electrons. The minimum absolute atomic E-state index is 0.346. The lowest BCUT2D eigenvalue weighted by Crippen LogP contribution is -1.94. The van der Waals surface area contributed by atoms with Crippen molar-refractivity contribution in [3.05, 3.63) is 40.9 Å². The Bertz CT molecular complexity index is 560. The van der Waals surface area contributed by atoms with E-state index in [0.29, 0.717) is 15.4 Å². The van der Waals surface area contributed by atoms with Gasteiger partial charge in [-0.25, -0.2) is 9.07 Å². The molecule has 0 fully saturated rings. The van der Waals surface area contributed by atoms with E-state index in [-0.39, 0.29) is 5.82 Å². The summed E-state index contributed by atoms with van der Waals surface area (Å²) in [5.41, 5.74) is 0. The fraction of sp³-hybridized carbons (Fsp3) is 0. The SMILES string of the molecule is C=Nn1cc(F)c2ccccc2c1=S. The summed E-state index contributed by atoms with van der Waals surface area (Å²) in [6.45, 7) is 3.32. The number of pyridine rings is 1. The van der Waals surface area contributed by atoms with Gasteiger partial charge in [0.2, 0.25) is 0 Å². The summed E-state index contributed by atoms with van der Waals surface area (Å²) in [6.07, 6.45) is 1.23. The second-order valence-electron chi connectivity index (χ2n) is 2.81. The first kappa shape index (κ1) is 9.02. The number of aromatic nitrogens is 1. The second kappa shape index (κ2) is 3.31. The van der Waals surface area contributed by atoms with Gasteiger partial charge in [-0.05, 0) is 0 Å². The summed E-state index contributed by atoms with van der Waals surface area (Å²) in [4.78, 5) is 0. The summed E-state index contributed by atoms with van der Waals surface area (Å²) in [5, 5.41) is 4.79. The molecule has 0 saturated heterocycles. The average Bonchev–Trinajstić information content (AvgIpc) is 2.23. The van der Waals surface area contributed by atoms with Crippen LogP contribution in [-0.2, 0) is 0 Å². The second-order valence-corrected chi connectivity index (χ2v) is 3.20. The minimum Gasteiger partial charge on any atom is -0.227 e. The van der Waals surface area contributed by atoms with Crippen molar-refractivity contribution < 1.29 is 4.39 Å². The van der Waals surface area contributed by atoms with Crippen LogP contribution in [0.1, 0.15) is 0 Å². The normalized spacial score (nSPS) is 10.4. The number of hydrogen-bond acceptors (Lipinski definition) is 2. The Balaban J connectivity index is 3.02. The van der Waals surface area contributed by atoms with Gasteiger partial charge in [-0.15, -0.1) is 0 Å². The summed E-state index contributed by atoms with van der Waals surface area (Å²) in [6, 6.07) is 7.03. The molecule has 0 spiro atoms. The molecule has 0 amide bonds. The Morgan fingerprint density at radius 3 is 2.57 bits per heavy atom. The Morgan fingerprint density at radius 2 is 1.93 bits per heavy atom. The molecule has 14 heavy (non-hydrogen) atoms. The highest BCUT2D eigenvalue weighted by atomic mass is 32.1. The van der Waals surface area contributed by atoms with Gasteiger partial charge in [0.1, 0.15) is 10.5 Å². The van der Waals surface area contributed by atoms with E-state index >= 15 is 0 Å². The van der Waals surface area contributed by atoms with E-state index in [1.807, 2.05) is 6.07 Å². The van der Waals surface area contributed by atoms with Crippen molar-refractivity contribution in [2.75, 3.05) is 0 Å². The zero-order valence-electron chi connectivity index (χ0n) is 7.27. The highest BCUT2D eigenvalue weighted by molar-refractivity contribution is 7.71. The van der Waals surface area contributed by atoms with Gasteiger partial charge in [0.25, 0.3) is 0 Å². The molecule has 0 saturated carbocycles. The van der Waals surface area contributed by atoms with E-state index in [4.69, 9.17) is 12.2 Å². The summed E-state index contributed by atoms with van der Waals surface area (Å²) < 4.78 is 15.2. The Kier molecular flexibility index (Phi) is 2.13. The van der Waals surface area contributed by atoms with Crippen molar-refractivity contribution in [1.29, 1.82) is 0 Å². The van der Waals surface area contributed by atoms with Gasteiger partial charge in [-0.3, -0.25) is 0 Å². The zero-order chi connectivity index (χ0) is 10.1. The molecule has 0 unspecified atom stereocenters. The predicted octanol–water partition coefficient (Wildman–Crippen LogP) is 2.97. The zero-order valence-corrected chi connectivity index (χ0v) is 8.09. The lowest BCUT2D eigenvalue weighted by Gasteiger charge is -2.03. The fourth-order valence-corrected chi connectivity index (χ4v) is 1.63. The van der Waals surface area contributed by atoms with Gasteiger partial charge >= 0.3 is 0 Å². The number of nitrogens with zero attached hydrogens (tertiary/aromatic N) is 2. The molecule has 0 bridgehead atoms. The number of fused-ring (bicyclic) bond motifs is 1. The van der Waals surface area contributed by atoms with Crippen LogP contribution < -0.4 is 0 Å². The van der Waals surface area contributed by atoms with Crippen molar-refractivity contribution in [3.63, 3.8) is 0 Å². The van der Waals surface area contributed by atoms with Gasteiger partial charge in [-0.1, -0.05) is 36.5 Å². The van der Waals surface area contributed by atoms with Crippen LogP contribution in [0.5, 0.6) is 0 Å². The Labute approximate surface area is 85.3 Å². The third kappa shape index (κ3) is 1.24. The highest BCUT2D eigenvalue weighted by Gasteiger charge is 2.03. The molecule has 1 aromatic carbocycles. The van der Waals surface area contributed by atoms with Crippen LogP contribution in [0.15, 0.2) is 35.6 Å². The maximum absolute atomic E-state index is 13.5. The van der Waals surface area contributed by atoms with E-state index in [0.717, 1.165) is 0 Å². The monoisotopic (exact) mass is 206 g/mol. The van der Waals surface area contributed by atoms with E-state index in [2.05, 4.69) is 11.8 Å². The van der Waals surface area contributed by atoms with Crippen LogP contribution in [-0.4, -0.2) is 11.4 Å². The number of benzene rings is 1. The molecule has 70 valence electrons. The first-order valence-electron chi connectivity index (χ1n) is 4.01. The third-order valence-electron chi connectivity index (χ3n) is 2.01. The molecule has 0 atom stereocenters. The quantitative estimate of drug-likeness (QED) is 0.518. The molecule has 2 aromatic rings. The largest absolute Gasteiger partial charge is 0.227 e. The average molecular weight is 206 g/mol. The van der Waals surface area contributed by atoms with Crippen molar-refractivity contribution in [3.8, 4) is 0 Å². The van der Waals surface area contributed by atoms with Crippen LogP contribution in [0.25, 0.3) is 10.8 Å². The lowest BCUT2D eigenvalue weighted by molar-refractivity contribution is 0.619. The van der Waals surface area contributed by atoms with Gasteiger partial charge in [0.05, 0.1) is 6.20 Å². The van der Waals surface area contributed by atoms with Crippen LogP contribution in [0.2, 0.25) is 0 Å². The molecule has 1 aromatic heterocycles. The van der Waals surface area contributed by atoms with E-state index in [1.54, 1.807) is 18.2 Å². The predicted molar refractivity (Wildman–Crippen MR) is 57.7 cm³/mol. The molecule has 0 aliphatic rings. The molecule has 2 rings (SSSR count). The Hall–Kier alpha value is -1.55. The number of rotatable bonds is 1. The van der Waals surface area contributed by atoms with E-state index in [1.165, 1.54) is 10.9 Å². The molecular weight excluding hydrogens is 199 g/mol. The molecule has 1 heterocycles. The smallest absolute Gasteiger partial charge is 0.149 e. The molecule has 0 aliphatic carbocycles. The Morgan fingerprint density at radius 1 is 1.29 bits per heavy atom. The maximum Gasteiger partial charge on any atom is 0.149 e. The van der Waals surface area contributed by atoms with E-state index in [9.17, 15) is 4.39 Å². The minimum atomic E-state index is -0.346. The molecular formula is C10H7FN2S. The first-order valence-corrected chi connectivity index (χ1v) is 4.42. The van der Waals surface area contributed by atoms with E-state index < -0.39 is 0 Å². The van der Waals surface area contributed by atoms with Crippen molar-refractivity contribution in [2.24, 2.45) is 5.10 Å². The standard InChI is InChI=1S/C10H7FN2S/c1-12-13-6-9(11)7-4-2-3-5-8(7)10(13)14/h2-6H,1H2. The van der Waals surface area contributed by atoms with Gasteiger partial charge < -0.3 is 0 Å². The third-order valence-corrected chi connectivity index (χ3v) is 2.42. The fourth-order valence-electron chi connectivity index (χ4n) is 1.34. The molecule has 0 N–H and O–H groups in total. The molecule has 2 nitrogen and oxygen atoms in total. The van der Waals surface area contributed by atoms with Gasteiger partial charge in [0, 0.05) is 17.5 Å². The molecule has 0 aliphatic heterocycles. The van der Waals surface area contributed by atoms with Crippen LogP contribution >= 0.6 is 12.2 Å². The highest BCUT2D eigenvalue weighted by Crippen LogP contribution is 2.18.